The summed E-state index contributed by atoms with van der Waals surface area (Å²) in [5.74, 6) is -0.703. The second-order valence-corrected chi connectivity index (χ2v) is 7.22. The molecule has 0 fully saturated rings. The number of halogens is 1. The van der Waals surface area contributed by atoms with E-state index in [1.165, 1.54) is 12.1 Å². The van der Waals surface area contributed by atoms with E-state index in [0.29, 0.717) is 22.3 Å². The lowest BCUT2D eigenvalue weighted by Crippen LogP contribution is -2.15. The van der Waals surface area contributed by atoms with Crippen molar-refractivity contribution >= 4 is 27.3 Å². The first-order valence-electron chi connectivity index (χ1n) is 6.69. The van der Waals surface area contributed by atoms with E-state index in [4.69, 9.17) is 0 Å². The van der Waals surface area contributed by atoms with Crippen molar-refractivity contribution in [3.63, 3.8) is 0 Å². The van der Waals surface area contributed by atoms with Gasteiger partial charge in [0.25, 0.3) is 0 Å². The maximum absolute atomic E-state index is 13.8. The van der Waals surface area contributed by atoms with E-state index in [-0.39, 0.29) is 17.1 Å². The fraction of sp³-hybridized carbons (Fsp3) is 0.118. The van der Waals surface area contributed by atoms with Crippen molar-refractivity contribution < 1.29 is 17.6 Å². The Morgan fingerprint density at radius 3 is 2.50 bits per heavy atom. The lowest BCUT2D eigenvalue weighted by molar-refractivity contribution is -0.113. The molecule has 0 radical (unpaired) electrons. The van der Waals surface area contributed by atoms with E-state index in [1.807, 2.05) is 0 Å². The molecule has 1 aliphatic carbocycles. The van der Waals surface area contributed by atoms with Crippen LogP contribution in [0.15, 0.2) is 47.4 Å². The van der Waals surface area contributed by atoms with E-state index in [1.54, 1.807) is 36.4 Å². The first-order valence-corrected chi connectivity index (χ1v) is 8.59. The highest BCUT2D eigenvalue weighted by molar-refractivity contribution is 7.90. The van der Waals surface area contributed by atoms with Crippen LogP contribution < -0.4 is 0 Å². The number of hydrogen-bond acceptors (Lipinski definition) is 3. The third-order valence-corrected chi connectivity index (χ3v) is 4.82. The van der Waals surface area contributed by atoms with Crippen molar-refractivity contribution in [1.29, 1.82) is 0 Å². The second-order valence-electron chi connectivity index (χ2n) is 5.23. The largest absolute Gasteiger partial charge is 0.294 e. The van der Waals surface area contributed by atoms with Gasteiger partial charge in [-0.15, -0.1) is 0 Å². The number of rotatable bonds is 2. The molecule has 3 rings (SSSR count). The topological polar surface area (TPSA) is 51.2 Å². The van der Waals surface area contributed by atoms with Crippen molar-refractivity contribution in [3.8, 4) is 0 Å². The van der Waals surface area contributed by atoms with Crippen LogP contribution in [-0.2, 0) is 21.1 Å². The summed E-state index contributed by atoms with van der Waals surface area (Å²) < 4.78 is 37.6. The van der Waals surface area contributed by atoms with Gasteiger partial charge in [0.15, 0.2) is 15.6 Å². The van der Waals surface area contributed by atoms with Crippen LogP contribution in [-0.4, -0.2) is 20.5 Å². The molecule has 0 atom stereocenters. The Morgan fingerprint density at radius 1 is 1.05 bits per heavy atom. The molecule has 112 valence electrons. The molecule has 0 heterocycles. The third kappa shape index (κ3) is 2.48. The van der Waals surface area contributed by atoms with Crippen molar-refractivity contribution in [2.75, 3.05) is 6.26 Å². The molecule has 22 heavy (non-hydrogen) atoms. The molecule has 3 nitrogen and oxygen atoms in total. The maximum atomic E-state index is 13.8. The monoisotopic (exact) mass is 316 g/mol. The van der Waals surface area contributed by atoms with E-state index in [9.17, 15) is 17.6 Å². The predicted octanol–water partition coefficient (Wildman–Crippen LogP) is 2.90. The summed E-state index contributed by atoms with van der Waals surface area (Å²) >= 11 is 0. The fourth-order valence-electron chi connectivity index (χ4n) is 2.63. The Kier molecular flexibility index (Phi) is 3.45. The van der Waals surface area contributed by atoms with Crippen molar-refractivity contribution in [2.24, 2.45) is 0 Å². The summed E-state index contributed by atoms with van der Waals surface area (Å²) in [7, 11) is -3.46. The molecule has 0 saturated heterocycles. The number of sulfone groups is 1. The van der Waals surface area contributed by atoms with Crippen molar-refractivity contribution in [1.82, 2.24) is 0 Å². The van der Waals surface area contributed by atoms with Crippen molar-refractivity contribution in [3.05, 3.63) is 65.0 Å². The lowest BCUT2D eigenvalue weighted by atomic mass is 9.87. The van der Waals surface area contributed by atoms with Crippen molar-refractivity contribution in [2.45, 2.75) is 11.3 Å². The molecule has 5 heteroatoms. The minimum atomic E-state index is -3.46. The smallest absolute Gasteiger partial charge is 0.176 e. The number of hydrogen-bond donors (Lipinski definition) is 0. The predicted molar refractivity (Wildman–Crippen MR) is 82.5 cm³/mol. The highest BCUT2D eigenvalue weighted by atomic mass is 32.2. The Labute approximate surface area is 128 Å². The van der Waals surface area contributed by atoms with Gasteiger partial charge in [0.1, 0.15) is 5.82 Å². The molecule has 0 bridgehead atoms. The van der Waals surface area contributed by atoms with Gasteiger partial charge in [0.2, 0.25) is 0 Å². The van der Waals surface area contributed by atoms with Crippen LogP contribution in [0.25, 0.3) is 11.6 Å². The molecule has 0 N–H and O–H groups in total. The standard InChI is InChI=1S/C17H13FO3S/c1-22(20,21)17-8-3-2-6-12(17)14-9-11-5-4-7-15(18)13(11)10-16(14)19/h2-9H,10H2,1H3. The van der Waals surface area contributed by atoms with Crippen LogP contribution in [0, 0.1) is 5.82 Å². The summed E-state index contributed by atoms with van der Waals surface area (Å²) in [6.45, 7) is 0. The van der Waals surface area contributed by atoms with Crippen LogP contribution >= 0.6 is 0 Å². The van der Waals surface area contributed by atoms with E-state index >= 15 is 0 Å². The van der Waals surface area contributed by atoms with Gasteiger partial charge in [0.05, 0.1) is 4.90 Å². The van der Waals surface area contributed by atoms with Crippen LogP contribution in [0.2, 0.25) is 0 Å². The van der Waals surface area contributed by atoms with Crippen LogP contribution in [0.4, 0.5) is 4.39 Å². The van der Waals surface area contributed by atoms with Gasteiger partial charge < -0.3 is 0 Å². The molecule has 1 aliphatic rings. The number of allylic oxidation sites excluding steroid dienone is 1. The molecule has 0 saturated carbocycles. The van der Waals surface area contributed by atoms with Gasteiger partial charge in [-0.05, 0) is 23.8 Å². The Hall–Kier alpha value is -2.27. The molecule has 0 amide bonds. The van der Waals surface area contributed by atoms with Gasteiger partial charge >= 0.3 is 0 Å². The third-order valence-electron chi connectivity index (χ3n) is 3.67. The fourth-order valence-corrected chi connectivity index (χ4v) is 3.53. The van der Waals surface area contributed by atoms with Crippen LogP contribution in [0.1, 0.15) is 16.7 Å². The summed E-state index contributed by atoms with van der Waals surface area (Å²) in [4.78, 5) is 12.5. The molecule has 0 aromatic heterocycles. The highest BCUT2D eigenvalue weighted by Crippen LogP contribution is 2.32. The normalized spacial score (nSPS) is 14.5. The number of carbonyl (C=O) groups is 1. The molecule has 0 aliphatic heterocycles. The molecule has 2 aromatic carbocycles. The summed E-state index contributed by atoms with van der Waals surface area (Å²) in [6, 6.07) is 11.0. The second kappa shape index (κ2) is 5.18. The first kappa shape index (κ1) is 14.7. The zero-order valence-electron chi connectivity index (χ0n) is 11.8. The molecule has 0 spiro atoms. The van der Waals surface area contributed by atoms with Gasteiger partial charge in [-0.2, -0.15) is 0 Å². The zero-order chi connectivity index (χ0) is 15.9. The first-order chi connectivity index (χ1) is 10.4. The number of benzene rings is 2. The van der Waals surface area contributed by atoms with E-state index < -0.39 is 15.7 Å². The molecular formula is C17H13FO3S. The Bertz CT molecular complexity index is 911. The summed E-state index contributed by atoms with van der Waals surface area (Å²) in [6.07, 6.45) is 2.60. The van der Waals surface area contributed by atoms with Gasteiger partial charge in [-0.3, -0.25) is 4.79 Å². The number of carbonyl (C=O) groups excluding carboxylic acids is 1. The average Bonchev–Trinajstić information content (AvgIpc) is 2.47. The number of Topliss-reactive ketones (excluding diaryl/α,β-unsaturated/α-hetero) is 1. The minimum Gasteiger partial charge on any atom is -0.294 e. The number of ketones is 1. The highest BCUT2D eigenvalue weighted by Gasteiger charge is 2.25. The zero-order valence-corrected chi connectivity index (χ0v) is 12.7. The van der Waals surface area contributed by atoms with Gasteiger partial charge in [0, 0.05) is 29.4 Å². The average molecular weight is 316 g/mol. The van der Waals surface area contributed by atoms with Crippen LogP contribution in [0.3, 0.4) is 0 Å². The van der Waals surface area contributed by atoms with E-state index in [2.05, 4.69) is 0 Å². The Morgan fingerprint density at radius 2 is 1.77 bits per heavy atom. The SMILES string of the molecule is CS(=O)(=O)c1ccccc1C1=Cc2cccc(F)c2CC1=O. The molecule has 0 unspecified atom stereocenters. The quantitative estimate of drug-likeness (QED) is 0.856. The molecule has 2 aromatic rings. The maximum Gasteiger partial charge on any atom is 0.176 e. The lowest BCUT2D eigenvalue weighted by Gasteiger charge is -2.18. The van der Waals surface area contributed by atoms with Crippen LogP contribution in [0.5, 0.6) is 0 Å². The number of fused-ring (bicyclic) bond motifs is 1. The molecular weight excluding hydrogens is 303 g/mol. The van der Waals surface area contributed by atoms with E-state index in [0.717, 1.165) is 6.26 Å². The van der Waals surface area contributed by atoms with Gasteiger partial charge in [-0.1, -0.05) is 30.3 Å². The Balaban J connectivity index is 2.24. The minimum absolute atomic E-state index is 0.0636. The summed E-state index contributed by atoms with van der Waals surface area (Å²) in [5.41, 5.74) is 1.63. The summed E-state index contributed by atoms with van der Waals surface area (Å²) in [5, 5.41) is 0. The van der Waals surface area contributed by atoms with Gasteiger partial charge in [-0.25, -0.2) is 12.8 Å².